The van der Waals surface area contributed by atoms with Crippen LogP contribution in [0.15, 0.2) is 28.9 Å². The number of aryl methyl sites for hydroxylation is 1. The van der Waals surface area contributed by atoms with Crippen LogP contribution in [0.4, 0.5) is 13.2 Å². The highest BCUT2D eigenvalue weighted by molar-refractivity contribution is 9.10. The first kappa shape index (κ1) is 16.0. The van der Waals surface area contributed by atoms with Gasteiger partial charge in [-0.3, -0.25) is 0 Å². The molecule has 4 nitrogen and oxygen atoms in total. The van der Waals surface area contributed by atoms with Crippen LogP contribution in [-0.2, 0) is 12.6 Å². The molecule has 0 bridgehead atoms. The molecule has 0 amide bonds. The van der Waals surface area contributed by atoms with Crippen molar-refractivity contribution in [3.63, 3.8) is 0 Å². The summed E-state index contributed by atoms with van der Waals surface area (Å²) < 4.78 is 40.1. The van der Waals surface area contributed by atoms with Crippen LogP contribution < -0.4 is 5.73 Å². The first-order chi connectivity index (χ1) is 9.91. The fraction of sp³-hybridized carbons (Fsp3) is 0.385. The van der Waals surface area contributed by atoms with Gasteiger partial charge in [-0.15, -0.1) is 5.10 Å². The Balaban J connectivity index is 2.25. The fourth-order valence-electron chi connectivity index (χ4n) is 1.85. The molecule has 21 heavy (non-hydrogen) atoms. The van der Waals surface area contributed by atoms with E-state index < -0.39 is 11.7 Å². The molecule has 0 spiro atoms. The van der Waals surface area contributed by atoms with E-state index in [4.69, 9.17) is 5.73 Å². The van der Waals surface area contributed by atoms with Gasteiger partial charge in [0.25, 0.3) is 0 Å². The van der Waals surface area contributed by atoms with E-state index in [1.165, 1.54) is 10.7 Å². The molecule has 1 aromatic carbocycles. The molecule has 2 aromatic rings. The van der Waals surface area contributed by atoms with E-state index in [0.29, 0.717) is 23.1 Å². The molecular formula is C13H14BrF3N4. The van der Waals surface area contributed by atoms with E-state index in [1.54, 1.807) is 6.20 Å². The van der Waals surface area contributed by atoms with Crippen LogP contribution in [0.1, 0.15) is 24.1 Å². The highest BCUT2D eigenvalue weighted by atomic mass is 79.9. The average molecular weight is 363 g/mol. The van der Waals surface area contributed by atoms with E-state index >= 15 is 0 Å². The zero-order valence-electron chi connectivity index (χ0n) is 11.1. The summed E-state index contributed by atoms with van der Waals surface area (Å²) in [6.45, 7) is 0.604. The van der Waals surface area contributed by atoms with E-state index in [-0.39, 0.29) is 0 Å². The summed E-state index contributed by atoms with van der Waals surface area (Å²) in [7, 11) is 0. The Morgan fingerprint density at radius 1 is 1.24 bits per heavy atom. The molecule has 0 atom stereocenters. The van der Waals surface area contributed by atoms with Crippen LogP contribution in [0, 0.1) is 0 Å². The number of nitrogens with zero attached hydrogens (tertiary/aromatic N) is 3. The number of benzene rings is 1. The van der Waals surface area contributed by atoms with Gasteiger partial charge in [0.15, 0.2) is 0 Å². The first-order valence-electron chi connectivity index (χ1n) is 6.40. The van der Waals surface area contributed by atoms with Crippen molar-refractivity contribution < 1.29 is 13.2 Å². The fourth-order valence-corrected chi connectivity index (χ4v) is 2.27. The number of halogens is 4. The molecule has 0 aliphatic carbocycles. The Morgan fingerprint density at radius 3 is 2.67 bits per heavy atom. The monoisotopic (exact) mass is 362 g/mol. The Bertz CT molecular complexity index is 610. The van der Waals surface area contributed by atoms with Crippen molar-refractivity contribution in [2.75, 3.05) is 6.54 Å². The molecule has 0 radical (unpaired) electrons. The number of hydrogen-bond acceptors (Lipinski definition) is 3. The maximum absolute atomic E-state index is 12.8. The lowest BCUT2D eigenvalue weighted by Crippen LogP contribution is -2.07. The number of unbranched alkanes of at least 4 members (excludes halogenated alkanes) is 1. The Morgan fingerprint density at radius 2 is 2.00 bits per heavy atom. The molecule has 1 aromatic heterocycles. The molecule has 0 saturated carbocycles. The van der Waals surface area contributed by atoms with Crippen molar-refractivity contribution in [1.29, 1.82) is 0 Å². The standard InChI is InChI=1S/C13H14BrF3N4/c14-11-5-4-9(13(15,16)17)7-12(11)21-8-10(19-20-21)3-1-2-6-18/h4-5,7-8H,1-3,6,18H2. The number of nitrogens with two attached hydrogens (primary N) is 1. The highest BCUT2D eigenvalue weighted by Crippen LogP contribution is 2.33. The Kier molecular flexibility index (Phi) is 5.00. The second-order valence-corrected chi connectivity index (χ2v) is 5.42. The minimum atomic E-state index is -4.39. The zero-order chi connectivity index (χ0) is 15.5. The predicted molar refractivity (Wildman–Crippen MR) is 76.1 cm³/mol. The normalized spacial score (nSPS) is 11.9. The zero-order valence-corrected chi connectivity index (χ0v) is 12.7. The minimum Gasteiger partial charge on any atom is -0.330 e. The van der Waals surface area contributed by atoms with Crippen molar-refractivity contribution in [3.8, 4) is 5.69 Å². The Labute approximate surface area is 128 Å². The van der Waals surface area contributed by atoms with E-state index in [9.17, 15) is 13.2 Å². The molecule has 0 aliphatic rings. The lowest BCUT2D eigenvalue weighted by atomic mass is 10.2. The van der Waals surface area contributed by atoms with Crippen LogP contribution in [0.25, 0.3) is 5.69 Å². The third-order valence-corrected chi connectivity index (χ3v) is 3.62. The summed E-state index contributed by atoms with van der Waals surface area (Å²) in [6.07, 6.45) is -0.302. The number of hydrogen-bond donors (Lipinski definition) is 1. The SMILES string of the molecule is NCCCCc1cn(-c2cc(C(F)(F)F)ccc2Br)nn1. The minimum absolute atomic E-state index is 0.308. The molecule has 2 rings (SSSR count). The third kappa shape index (κ3) is 4.04. The third-order valence-electron chi connectivity index (χ3n) is 2.95. The van der Waals surface area contributed by atoms with Crippen LogP contribution in [-0.4, -0.2) is 21.5 Å². The summed E-state index contributed by atoms with van der Waals surface area (Å²) in [5, 5.41) is 7.85. The average Bonchev–Trinajstić information content (AvgIpc) is 2.87. The lowest BCUT2D eigenvalue weighted by molar-refractivity contribution is -0.137. The molecule has 0 fully saturated rings. The van der Waals surface area contributed by atoms with E-state index in [0.717, 1.165) is 30.7 Å². The second-order valence-electron chi connectivity index (χ2n) is 4.56. The number of aromatic nitrogens is 3. The van der Waals surface area contributed by atoms with E-state index in [1.807, 2.05) is 0 Å². The van der Waals surface area contributed by atoms with Gasteiger partial charge >= 0.3 is 6.18 Å². The van der Waals surface area contributed by atoms with Crippen LogP contribution in [0.2, 0.25) is 0 Å². The molecular weight excluding hydrogens is 349 g/mol. The van der Waals surface area contributed by atoms with Gasteiger partial charge in [-0.05, 0) is 59.9 Å². The summed E-state index contributed by atoms with van der Waals surface area (Å²) >= 11 is 3.23. The maximum atomic E-state index is 12.8. The van der Waals surface area contributed by atoms with Gasteiger partial charge in [-0.2, -0.15) is 13.2 Å². The second kappa shape index (κ2) is 6.57. The summed E-state index contributed by atoms with van der Waals surface area (Å²) in [5.74, 6) is 0. The Hall–Kier alpha value is -1.41. The number of rotatable bonds is 5. The summed E-state index contributed by atoms with van der Waals surface area (Å²) in [4.78, 5) is 0. The van der Waals surface area contributed by atoms with Gasteiger partial charge in [0.1, 0.15) is 0 Å². The predicted octanol–water partition coefficient (Wildman–Crippen LogP) is 3.33. The quantitative estimate of drug-likeness (QED) is 0.830. The maximum Gasteiger partial charge on any atom is 0.416 e. The largest absolute Gasteiger partial charge is 0.416 e. The molecule has 1 heterocycles. The molecule has 0 aliphatic heterocycles. The van der Waals surface area contributed by atoms with Crippen molar-refractivity contribution in [2.24, 2.45) is 5.73 Å². The van der Waals surface area contributed by atoms with Gasteiger partial charge in [0.2, 0.25) is 0 Å². The van der Waals surface area contributed by atoms with E-state index in [2.05, 4.69) is 26.2 Å². The summed E-state index contributed by atoms with van der Waals surface area (Å²) in [6, 6.07) is 3.42. The van der Waals surface area contributed by atoms with Crippen LogP contribution in [0.3, 0.4) is 0 Å². The highest BCUT2D eigenvalue weighted by Gasteiger charge is 2.31. The smallest absolute Gasteiger partial charge is 0.330 e. The first-order valence-corrected chi connectivity index (χ1v) is 7.19. The van der Waals surface area contributed by atoms with Gasteiger partial charge in [0.05, 0.1) is 23.1 Å². The van der Waals surface area contributed by atoms with Crippen LogP contribution >= 0.6 is 15.9 Å². The molecule has 114 valence electrons. The van der Waals surface area contributed by atoms with Crippen molar-refractivity contribution in [2.45, 2.75) is 25.4 Å². The lowest BCUT2D eigenvalue weighted by Gasteiger charge is -2.10. The number of alkyl halides is 3. The van der Waals surface area contributed by atoms with Crippen molar-refractivity contribution >= 4 is 15.9 Å². The van der Waals surface area contributed by atoms with Crippen LogP contribution in [0.5, 0.6) is 0 Å². The van der Waals surface area contributed by atoms with Gasteiger partial charge in [0, 0.05) is 4.47 Å². The summed E-state index contributed by atoms with van der Waals surface area (Å²) in [5.41, 5.74) is 5.73. The van der Waals surface area contributed by atoms with Gasteiger partial charge in [-0.25, -0.2) is 4.68 Å². The van der Waals surface area contributed by atoms with Crippen molar-refractivity contribution in [3.05, 3.63) is 40.1 Å². The van der Waals surface area contributed by atoms with Gasteiger partial charge in [-0.1, -0.05) is 5.21 Å². The molecule has 2 N–H and O–H groups in total. The molecule has 0 unspecified atom stereocenters. The van der Waals surface area contributed by atoms with Gasteiger partial charge < -0.3 is 5.73 Å². The molecule has 8 heteroatoms. The molecule has 0 saturated heterocycles. The van der Waals surface area contributed by atoms with Crippen molar-refractivity contribution in [1.82, 2.24) is 15.0 Å². The topological polar surface area (TPSA) is 56.7 Å².